The first-order valence-electron chi connectivity index (χ1n) is 16.4. The first kappa shape index (κ1) is 38.4. The topological polar surface area (TPSA) is 132 Å². The van der Waals surface area contributed by atoms with Crippen molar-refractivity contribution in [3.63, 3.8) is 0 Å². The monoisotopic (exact) mass is 570 g/mol. The third-order valence-electron chi connectivity index (χ3n) is 8.55. The van der Waals surface area contributed by atoms with Gasteiger partial charge in [0.1, 0.15) is 5.41 Å². The SMILES string of the molecule is CCCCCCCCCCCCCCCCC(CCCCCCCCC(C)C)(C(=O)O)C(O)(CC(=O)O)C(=O)O. The number of carboxylic acids is 3. The van der Waals surface area contributed by atoms with E-state index in [4.69, 9.17) is 0 Å². The molecule has 0 rings (SSSR count). The highest BCUT2D eigenvalue weighted by Gasteiger charge is 2.61. The van der Waals surface area contributed by atoms with E-state index in [1.807, 2.05) is 0 Å². The minimum Gasteiger partial charge on any atom is -0.481 e. The van der Waals surface area contributed by atoms with Crippen molar-refractivity contribution < 1.29 is 34.8 Å². The molecular formula is C33H62O7. The highest BCUT2D eigenvalue weighted by atomic mass is 16.4. The lowest BCUT2D eigenvalue weighted by Gasteiger charge is -2.41. The van der Waals surface area contributed by atoms with Gasteiger partial charge < -0.3 is 20.4 Å². The van der Waals surface area contributed by atoms with Gasteiger partial charge in [0.2, 0.25) is 0 Å². The van der Waals surface area contributed by atoms with Crippen LogP contribution in [0.15, 0.2) is 0 Å². The molecule has 7 heteroatoms. The van der Waals surface area contributed by atoms with Gasteiger partial charge in [0.25, 0.3) is 0 Å². The van der Waals surface area contributed by atoms with Gasteiger partial charge in [0.15, 0.2) is 5.60 Å². The van der Waals surface area contributed by atoms with E-state index >= 15 is 0 Å². The summed E-state index contributed by atoms with van der Waals surface area (Å²) in [6.45, 7) is 6.63. The van der Waals surface area contributed by atoms with E-state index in [1.54, 1.807) is 0 Å². The summed E-state index contributed by atoms with van der Waals surface area (Å²) in [4.78, 5) is 36.2. The second-order valence-corrected chi connectivity index (χ2v) is 12.5. The van der Waals surface area contributed by atoms with Crippen LogP contribution in [0.1, 0.15) is 175 Å². The zero-order chi connectivity index (χ0) is 30.3. The van der Waals surface area contributed by atoms with Crippen molar-refractivity contribution in [3.8, 4) is 0 Å². The molecule has 2 atom stereocenters. The Morgan fingerprint density at radius 3 is 1.20 bits per heavy atom. The predicted octanol–water partition coefficient (Wildman–Crippen LogP) is 9.00. The van der Waals surface area contributed by atoms with Gasteiger partial charge in [0.05, 0.1) is 6.42 Å². The minimum absolute atomic E-state index is 0.0369. The molecule has 0 fully saturated rings. The average molecular weight is 571 g/mol. The largest absolute Gasteiger partial charge is 0.481 e. The molecule has 4 N–H and O–H groups in total. The molecule has 2 unspecified atom stereocenters. The predicted molar refractivity (Wildman–Crippen MR) is 162 cm³/mol. The molecule has 0 saturated carbocycles. The normalized spacial score (nSPS) is 14.6. The van der Waals surface area contributed by atoms with E-state index in [-0.39, 0.29) is 12.8 Å². The van der Waals surface area contributed by atoms with Crippen molar-refractivity contribution in [2.24, 2.45) is 11.3 Å². The van der Waals surface area contributed by atoms with E-state index in [2.05, 4.69) is 20.8 Å². The third-order valence-corrected chi connectivity index (χ3v) is 8.55. The van der Waals surface area contributed by atoms with E-state index in [0.717, 1.165) is 57.8 Å². The fourth-order valence-corrected chi connectivity index (χ4v) is 5.91. The van der Waals surface area contributed by atoms with Crippen LogP contribution in [0.5, 0.6) is 0 Å². The Kier molecular flexibility index (Phi) is 22.1. The molecule has 0 aromatic carbocycles. The summed E-state index contributed by atoms with van der Waals surface area (Å²) in [5.74, 6) is -4.02. The van der Waals surface area contributed by atoms with Gasteiger partial charge in [-0.25, -0.2) is 4.79 Å². The van der Waals surface area contributed by atoms with Crippen LogP contribution >= 0.6 is 0 Å². The minimum atomic E-state index is -2.85. The second-order valence-electron chi connectivity index (χ2n) is 12.5. The van der Waals surface area contributed by atoms with Gasteiger partial charge in [-0.3, -0.25) is 9.59 Å². The summed E-state index contributed by atoms with van der Waals surface area (Å²) in [5, 5.41) is 40.5. The average Bonchev–Trinajstić information content (AvgIpc) is 2.88. The second kappa shape index (κ2) is 23.0. The molecule has 0 amide bonds. The van der Waals surface area contributed by atoms with Gasteiger partial charge in [-0.15, -0.1) is 0 Å². The van der Waals surface area contributed by atoms with Gasteiger partial charge in [-0.05, 0) is 18.8 Å². The molecule has 0 saturated heterocycles. The number of hydrogen-bond acceptors (Lipinski definition) is 4. The van der Waals surface area contributed by atoms with Crippen molar-refractivity contribution in [1.82, 2.24) is 0 Å². The van der Waals surface area contributed by atoms with E-state index in [0.29, 0.717) is 18.8 Å². The zero-order valence-electron chi connectivity index (χ0n) is 26.1. The summed E-state index contributed by atoms with van der Waals surface area (Å²) in [5.41, 5.74) is -4.87. The Balaban J connectivity index is 4.77. The van der Waals surface area contributed by atoms with Crippen molar-refractivity contribution in [1.29, 1.82) is 0 Å². The molecule has 40 heavy (non-hydrogen) atoms. The quantitative estimate of drug-likeness (QED) is 0.0659. The maximum Gasteiger partial charge on any atom is 0.337 e. The standard InChI is InChI=1S/C33H62O7/c1-4-5-6-7-8-9-10-11-12-13-14-16-19-22-25-32(30(36)37,33(40,31(38)39)27-29(34)35)26-23-20-17-15-18-21-24-28(2)3/h28,40H,4-27H2,1-3H3,(H,34,35)(H,36,37)(H,38,39). The lowest BCUT2D eigenvalue weighted by molar-refractivity contribution is -0.196. The number of aliphatic hydroxyl groups is 1. The van der Waals surface area contributed by atoms with Crippen molar-refractivity contribution in [3.05, 3.63) is 0 Å². The molecule has 0 aliphatic rings. The Hall–Kier alpha value is -1.63. The number of unbranched alkanes of at least 4 members (excludes halogenated alkanes) is 18. The van der Waals surface area contributed by atoms with Crippen LogP contribution in [0.4, 0.5) is 0 Å². The molecule has 0 heterocycles. The molecule has 0 aromatic heterocycles. The molecule has 0 spiro atoms. The first-order valence-corrected chi connectivity index (χ1v) is 16.4. The first-order chi connectivity index (χ1) is 19.0. The molecular weight excluding hydrogens is 508 g/mol. The van der Waals surface area contributed by atoms with Crippen molar-refractivity contribution in [2.75, 3.05) is 0 Å². The number of carbonyl (C=O) groups is 3. The Morgan fingerprint density at radius 1 is 0.550 bits per heavy atom. The Labute approximate surface area is 244 Å². The van der Waals surface area contributed by atoms with Crippen LogP contribution in [-0.4, -0.2) is 43.9 Å². The number of carboxylic acid groups (broad SMARTS) is 3. The van der Waals surface area contributed by atoms with E-state index in [9.17, 15) is 34.8 Å². The molecule has 0 radical (unpaired) electrons. The molecule has 0 aliphatic heterocycles. The molecule has 0 aliphatic carbocycles. The number of hydrogen-bond donors (Lipinski definition) is 4. The highest BCUT2D eigenvalue weighted by Crippen LogP contribution is 2.45. The third kappa shape index (κ3) is 16.0. The van der Waals surface area contributed by atoms with Gasteiger partial charge >= 0.3 is 17.9 Å². The smallest absolute Gasteiger partial charge is 0.337 e. The number of aliphatic carboxylic acids is 3. The van der Waals surface area contributed by atoms with Crippen molar-refractivity contribution >= 4 is 17.9 Å². The van der Waals surface area contributed by atoms with Crippen LogP contribution in [0.25, 0.3) is 0 Å². The Bertz CT molecular complexity index is 678. The zero-order valence-corrected chi connectivity index (χ0v) is 26.1. The Morgan fingerprint density at radius 2 is 0.900 bits per heavy atom. The fraction of sp³-hybridized carbons (Fsp3) is 0.909. The van der Waals surface area contributed by atoms with E-state index < -0.39 is 35.3 Å². The maximum absolute atomic E-state index is 12.6. The lowest BCUT2D eigenvalue weighted by Crippen LogP contribution is -2.59. The van der Waals surface area contributed by atoms with E-state index in [1.165, 1.54) is 64.2 Å². The van der Waals surface area contributed by atoms with Crippen molar-refractivity contribution in [2.45, 2.75) is 180 Å². The highest BCUT2D eigenvalue weighted by molar-refractivity contribution is 5.92. The van der Waals surface area contributed by atoms with Crippen LogP contribution < -0.4 is 0 Å². The maximum atomic E-state index is 12.6. The number of rotatable bonds is 29. The van der Waals surface area contributed by atoms with Gasteiger partial charge in [0, 0.05) is 0 Å². The molecule has 0 bridgehead atoms. The fourth-order valence-electron chi connectivity index (χ4n) is 5.91. The summed E-state index contributed by atoms with van der Waals surface area (Å²) in [6, 6.07) is 0. The molecule has 236 valence electrons. The van der Waals surface area contributed by atoms with Crippen LogP contribution in [0.3, 0.4) is 0 Å². The summed E-state index contributed by atoms with van der Waals surface area (Å²) < 4.78 is 0. The van der Waals surface area contributed by atoms with Crippen LogP contribution in [-0.2, 0) is 14.4 Å². The van der Waals surface area contributed by atoms with Gasteiger partial charge in [-0.2, -0.15) is 0 Å². The lowest BCUT2D eigenvalue weighted by atomic mass is 9.64. The summed E-state index contributed by atoms with van der Waals surface area (Å²) in [7, 11) is 0. The molecule has 0 aromatic rings. The summed E-state index contributed by atoms with van der Waals surface area (Å²) in [6.07, 6.45) is 21.3. The summed E-state index contributed by atoms with van der Waals surface area (Å²) >= 11 is 0. The van der Waals surface area contributed by atoms with Gasteiger partial charge in [-0.1, -0.05) is 156 Å². The van der Waals surface area contributed by atoms with Crippen LogP contribution in [0, 0.1) is 11.3 Å². The molecule has 7 nitrogen and oxygen atoms in total. The van der Waals surface area contributed by atoms with Crippen LogP contribution in [0.2, 0.25) is 0 Å².